The molecule has 1 atom stereocenters. The summed E-state index contributed by atoms with van der Waals surface area (Å²) in [6.45, 7) is -0.0648. The smallest absolute Gasteiger partial charge is 0.491 e. The first-order valence-electron chi connectivity index (χ1n) is 7.30. The van der Waals surface area contributed by atoms with Crippen molar-refractivity contribution < 1.29 is 32.5 Å². The van der Waals surface area contributed by atoms with Gasteiger partial charge in [0.2, 0.25) is 0 Å². The minimum absolute atomic E-state index is 0.0648. The molecule has 3 N–H and O–H groups in total. The Bertz CT molecular complexity index is 720. The number of alkyl halides is 3. The third-order valence-electron chi connectivity index (χ3n) is 3.22. The number of benzene rings is 2. The van der Waals surface area contributed by atoms with Gasteiger partial charge in [-0.25, -0.2) is 4.79 Å². The number of rotatable bonds is 7. The zero-order chi connectivity index (χ0) is 18.4. The predicted octanol–water partition coefficient (Wildman–Crippen LogP) is 3.23. The van der Waals surface area contributed by atoms with Gasteiger partial charge >= 0.3 is 12.3 Å². The van der Waals surface area contributed by atoms with Crippen molar-refractivity contribution in [3.05, 3.63) is 59.7 Å². The van der Waals surface area contributed by atoms with Gasteiger partial charge in [-0.3, -0.25) is 0 Å². The van der Waals surface area contributed by atoms with Crippen molar-refractivity contribution in [2.45, 2.75) is 18.8 Å². The molecule has 2 aromatic rings. The maximum Gasteiger partial charge on any atom is 0.573 e. The highest BCUT2D eigenvalue weighted by Crippen LogP contribution is 2.32. The third-order valence-corrected chi connectivity index (χ3v) is 3.22. The number of hydrogen-bond donors (Lipinski definition) is 2. The summed E-state index contributed by atoms with van der Waals surface area (Å²) in [6, 6.07) is 12.2. The maximum absolute atomic E-state index is 12.4. The van der Waals surface area contributed by atoms with Crippen molar-refractivity contribution >= 4 is 5.97 Å². The number of ether oxygens (including phenoxy) is 2. The first-order chi connectivity index (χ1) is 11.8. The quantitative estimate of drug-likeness (QED) is 0.797. The van der Waals surface area contributed by atoms with Gasteiger partial charge in [-0.05, 0) is 24.1 Å². The average molecular weight is 355 g/mol. The summed E-state index contributed by atoms with van der Waals surface area (Å²) in [6.07, 6.45) is -4.53. The summed E-state index contributed by atoms with van der Waals surface area (Å²) in [7, 11) is 0. The van der Waals surface area contributed by atoms with Crippen LogP contribution in [-0.2, 0) is 6.42 Å². The molecule has 0 saturated carbocycles. The molecule has 0 heterocycles. The number of hydrogen-bond acceptors (Lipinski definition) is 4. The van der Waals surface area contributed by atoms with Gasteiger partial charge in [-0.15, -0.1) is 13.2 Å². The van der Waals surface area contributed by atoms with E-state index in [1.807, 2.05) is 30.3 Å². The van der Waals surface area contributed by atoms with E-state index in [4.69, 9.17) is 10.5 Å². The van der Waals surface area contributed by atoms with Gasteiger partial charge in [-0.2, -0.15) is 0 Å². The number of carboxylic acids is 1. The van der Waals surface area contributed by atoms with Crippen molar-refractivity contribution in [2.75, 3.05) is 6.61 Å². The zero-order valence-electron chi connectivity index (χ0n) is 13.0. The molecule has 0 fully saturated rings. The van der Waals surface area contributed by atoms with Crippen LogP contribution in [0.5, 0.6) is 11.5 Å². The molecular weight excluding hydrogens is 339 g/mol. The second-order valence-electron chi connectivity index (χ2n) is 5.24. The van der Waals surface area contributed by atoms with Gasteiger partial charge < -0.3 is 20.3 Å². The molecule has 134 valence electrons. The minimum atomic E-state index is -5.01. The standard InChI is InChI=1S/C17H16F3NO4/c18-17(19,20)25-14-8-4-7-13(15(14)16(22)23)24-10-12(21)9-11-5-2-1-3-6-11/h1-8,12H,9-10,21H2,(H,22,23). The van der Waals surface area contributed by atoms with Crippen LogP contribution in [0.1, 0.15) is 15.9 Å². The number of nitrogens with two attached hydrogens (primary N) is 1. The van der Waals surface area contributed by atoms with E-state index >= 15 is 0 Å². The van der Waals surface area contributed by atoms with E-state index in [-0.39, 0.29) is 12.4 Å². The average Bonchev–Trinajstić information content (AvgIpc) is 2.52. The Labute approximate surface area is 141 Å². The largest absolute Gasteiger partial charge is 0.573 e. The summed E-state index contributed by atoms with van der Waals surface area (Å²) in [4.78, 5) is 11.3. The van der Waals surface area contributed by atoms with E-state index in [2.05, 4.69) is 4.74 Å². The fraction of sp³-hybridized carbons (Fsp3) is 0.235. The summed E-state index contributed by atoms with van der Waals surface area (Å²) in [5.74, 6) is -2.67. The van der Waals surface area contributed by atoms with Crippen LogP contribution in [-0.4, -0.2) is 30.1 Å². The predicted molar refractivity (Wildman–Crippen MR) is 83.7 cm³/mol. The lowest BCUT2D eigenvalue weighted by Gasteiger charge is -2.17. The maximum atomic E-state index is 12.4. The highest BCUT2D eigenvalue weighted by Gasteiger charge is 2.34. The Kier molecular flexibility index (Phi) is 5.87. The molecule has 5 nitrogen and oxygen atoms in total. The van der Waals surface area contributed by atoms with Gasteiger partial charge in [0.25, 0.3) is 0 Å². The van der Waals surface area contributed by atoms with Gasteiger partial charge in [0.05, 0.1) is 0 Å². The van der Waals surface area contributed by atoms with E-state index < -0.39 is 29.7 Å². The summed E-state index contributed by atoms with van der Waals surface area (Å²) < 4.78 is 46.3. The Morgan fingerprint density at radius 1 is 1.08 bits per heavy atom. The van der Waals surface area contributed by atoms with E-state index in [1.165, 1.54) is 12.1 Å². The van der Waals surface area contributed by atoms with Crippen LogP contribution in [0.4, 0.5) is 13.2 Å². The molecule has 0 spiro atoms. The molecule has 0 aliphatic rings. The van der Waals surface area contributed by atoms with Crippen LogP contribution in [0.3, 0.4) is 0 Å². The van der Waals surface area contributed by atoms with Crippen LogP contribution in [0.15, 0.2) is 48.5 Å². The first-order valence-corrected chi connectivity index (χ1v) is 7.30. The molecule has 0 saturated heterocycles. The van der Waals surface area contributed by atoms with E-state index in [0.29, 0.717) is 6.42 Å². The molecule has 8 heteroatoms. The minimum Gasteiger partial charge on any atom is -0.491 e. The van der Waals surface area contributed by atoms with Crippen LogP contribution in [0, 0.1) is 0 Å². The summed E-state index contributed by atoms with van der Waals surface area (Å²) in [5, 5.41) is 9.19. The van der Waals surface area contributed by atoms with E-state index in [1.54, 1.807) is 0 Å². The van der Waals surface area contributed by atoms with Crippen LogP contribution in [0.2, 0.25) is 0 Å². The molecule has 0 radical (unpaired) electrons. The molecule has 0 bridgehead atoms. The van der Waals surface area contributed by atoms with Crippen molar-refractivity contribution in [3.63, 3.8) is 0 Å². The lowest BCUT2D eigenvalue weighted by Crippen LogP contribution is -2.30. The van der Waals surface area contributed by atoms with Crippen molar-refractivity contribution in [1.82, 2.24) is 0 Å². The topological polar surface area (TPSA) is 81.8 Å². The second kappa shape index (κ2) is 7.89. The molecule has 0 aliphatic carbocycles. The SMILES string of the molecule is NC(COc1cccc(OC(F)(F)F)c1C(=O)O)Cc1ccccc1. The Balaban J connectivity index is 2.10. The summed E-state index contributed by atoms with van der Waals surface area (Å²) in [5.41, 5.74) is 6.20. The molecule has 25 heavy (non-hydrogen) atoms. The summed E-state index contributed by atoms with van der Waals surface area (Å²) >= 11 is 0. The number of carbonyl (C=O) groups is 1. The lowest BCUT2D eigenvalue weighted by atomic mass is 10.1. The number of aromatic carboxylic acids is 1. The van der Waals surface area contributed by atoms with Gasteiger partial charge in [0.15, 0.2) is 0 Å². The molecular formula is C17H16F3NO4. The van der Waals surface area contributed by atoms with Crippen LogP contribution < -0.4 is 15.2 Å². The molecule has 2 rings (SSSR count). The first kappa shape index (κ1) is 18.6. The van der Waals surface area contributed by atoms with Crippen molar-refractivity contribution in [3.8, 4) is 11.5 Å². The molecule has 0 amide bonds. The van der Waals surface area contributed by atoms with E-state index in [0.717, 1.165) is 11.6 Å². The van der Waals surface area contributed by atoms with E-state index in [9.17, 15) is 23.1 Å². The number of halogens is 3. The van der Waals surface area contributed by atoms with Gasteiger partial charge in [0.1, 0.15) is 23.7 Å². The van der Waals surface area contributed by atoms with Gasteiger partial charge in [-0.1, -0.05) is 36.4 Å². The van der Waals surface area contributed by atoms with Gasteiger partial charge in [0, 0.05) is 6.04 Å². The normalized spacial score (nSPS) is 12.5. The second-order valence-corrected chi connectivity index (χ2v) is 5.24. The highest BCUT2D eigenvalue weighted by atomic mass is 19.4. The fourth-order valence-electron chi connectivity index (χ4n) is 2.22. The monoisotopic (exact) mass is 355 g/mol. The lowest BCUT2D eigenvalue weighted by molar-refractivity contribution is -0.274. The van der Waals surface area contributed by atoms with Crippen molar-refractivity contribution in [2.24, 2.45) is 5.73 Å². The molecule has 0 aromatic heterocycles. The third kappa shape index (κ3) is 5.68. The molecule has 1 unspecified atom stereocenters. The Morgan fingerprint density at radius 3 is 2.32 bits per heavy atom. The highest BCUT2D eigenvalue weighted by molar-refractivity contribution is 5.94. The zero-order valence-corrected chi connectivity index (χ0v) is 13.0. The molecule has 0 aliphatic heterocycles. The van der Waals surface area contributed by atoms with Crippen molar-refractivity contribution in [1.29, 1.82) is 0 Å². The Morgan fingerprint density at radius 2 is 1.72 bits per heavy atom. The number of carboxylic acid groups (broad SMARTS) is 1. The van der Waals surface area contributed by atoms with Crippen LogP contribution >= 0.6 is 0 Å². The Hall–Kier alpha value is -2.74. The molecule has 2 aromatic carbocycles. The van der Waals surface area contributed by atoms with Crippen LogP contribution in [0.25, 0.3) is 0 Å². The fourth-order valence-corrected chi connectivity index (χ4v) is 2.22.